The molecule has 3 rings (SSSR count). The van der Waals surface area contributed by atoms with Crippen LogP contribution >= 0.6 is 0 Å². The number of piperidine rings is 1. The van der Waals surface area contributed by atoms with Gasteiger partial charge in [0.2, 0.25) is 0 Å². The summed E-state index contributed by atoms with van der Waals surface area (Å²) in [6.07, 6.45) is 3.37. The van der Waals surface area contributed by atoms with E-state index in [-0.39, 0.29) is 37.7 Å². The fourth-order valence-electron chi connectivity index (χ4n) is 3.99. The molecule has 20 heavy (non-hydrogen) atoms. The number of rotatable bonds is 5. The molecule has 116 valence electrons. The quantitative estimate of drug-likeness (QED) is 0.825. The Morgan fingerprint density at radius 3 is 2.45 bits per heavy atom. The van der Waals surface area contributed by atoms with Gasteiger partial charge < -0.3 is 14.6 Å². The van der Waals surface area contributed by atoms with Crippen LogP contribution in [0, 0.1) is 55.5 Å². The van der Waals surface area contributed by atoms with E-state index in [4.69, 9.17) is 4.74 Å². The van der Waals surface area contributed by atoms with E-state index in [0.29, 0.717) is 19.0 Å². The van der Waals surface area contributed by atoms with Crippen molar-refractivity contribution < 1.29 is 52.4 Å². The van der Waals surface area contributed by atoms with Crippen LogP contribution in [-0.2, 0) is 9.53 Å². The number of carbonyl (C=O) groups excluding carboxylic acids is 1. The number of likely N-dealkylation sites (tertiary alicyclic amines) is 1. The fraction of sp³-hybridized carbons (Fsp3) is 0.933. The Balaban J connectivity index is 0.00000147. The number of nitrogens with zero attached hydrogens (tertiary/aromatic N) is 1. The smallest absolute Gasteiger partial charge is 0.129 e. The molecule has 3 aliphatic rings. The van der Waals surface area contributed by atoms with Crippen LogP contribution in [0.25, 0.3) is 0 Å². The zero-order valence-corrected chi connectivity index (χ0v) is 12.9. The summed E-state index contributed by atoms with van der Waals surface area (Å²) >= 11 is 0. The number of aliphatic hydroxyl groups is 1. The van der Waals surface area contributed by atoms with Gasteiger partial charge in [0.1, 0.15) is 5.78 Å². The first kappa shape index (κ1) is 17.2. The largest absolute Gasteiger partial charge is 0.388 e. The predicted molar refractivity (Wildman–Crippen MR) is 71.8 cm³/mol. The van der Waals surface area contributed by atoms with Gasteiger partial charge in [-0.2, -0.15) is 0 Å². The third-order valence-corrected chi connectivity index (χ3v) is 5.22. The number of carbonyl (C=O) groups is 1. The summed E-state index contributed by atoms with van der Waals surface area (Å²) in [5.74, 6) is 2.69. The van der Waals surface area contributed by atoms with E-state index in [2.05, 4.69) is 4.90 Å². The number of Topliss-reactive ketones (excluding diaryl/α,β-unsaturated/α-hetero) is 1. The van der Waals surface area contributed by atoms with E-state index in [1.807, 2.05) is 0 Å². The molecule has 1 saturated carbocycles. The zero-order chi connectivity index (χ0) is 13.5. The molecule has 2 unspecified atom stereocenters. The van der Waals surface area contributed by atoms with Gasteiger partial charge in [-0.3, -0.25) is 4.90 Å². The second-order valence-corrected chi connectivity index (χ2v) is 6.76. The predicted octanol–water partition coefficient (Wildman–Crippen LogP) is 1.07. The normalized spacial score (nSPS) is 35.2. The number of hydrogen-bond acceptors (Lipinski definition) is 4. The van der Waals surface area contributed by atoms with Crippen LogP contribution < -0.4 is 0 Å². The van der Waals surface area contributed by atoms with Crippen molar-refractivity contribution in [1.29, 1.82) is 0 Å². The molecular formula is C15H25ArNO3. The Bertz CT molecular complexity index is 345. The van der Waals surface area contributed by atoms with Crippen molar-refractivity contribution in [3.05, 3.63) is 0 Å². The Morgan fingerprint density at radius 1 is 1.30 bits per heavy atom. The number of ketones is 1. The topological polar surface area (TPSA) is 49.8 Å². The molecule has 2 aliphatic heterocycles. The molecule has 0 spiro atoms. The standard InChI is InChI=1S/C15H25NO3.Ar/c1-11(17)2-3-12-13-8-16(9-14(12)13)10-15(18)4-6-19-7-5-15;/h12-14,18H,2-10H2,1H3;. The third-order valence-electron chi connectivity index (χ3n) is 5.22. The molecule has 0 amide bonds. The molecule has 0 bridgehead atoms. The molecule has 1 aliphatic carbocycles. The first-order chi connectivity index (χ1) is 9.07. The molecule has 2 atom stereocenters. The van der Waals surface area contributed by atoms with E-state index in [0.717, 1.165) is 63.1 Å². The van der Waals surface area contributed by atoms with Crippen molar-refractivity contribution in [2.24, 2.45) is 17.8 Å². The third kappa shape index (κ3) is 3.96. The van der Waals surface area contributed by atoms with Gasteiger partial charge in [0.25, 0.3) is 0 Å². The summed E-state index contributed by atoms with van der Waals surface area (Å²) in [5.41, 5.74) is -0.524. The zero-order valence-electron chi connectivity index (χ0n) is 12.2. The summed E-state index contributed by atoms with van der Waals surface area (Å²) in [5, 5.41) is 10.5. The monoisotopic (exact) mass is 307 g/mol. The Labute approximate surface area is 151 Å². The number of hydrogen-bond donors (Lipinski definition) is 1. The van der Waals surface area contributed by atoms with E-state index in [1.54, 1.807) is 6.92 Å². The molecule has 1 N–H and O–H groups in total. The molecule has 0 aromatic carbocycles. The SMILES string of the molecule is CC(=O)CCC1C2CN(CC3(O)CCOCC3)CC12.[Ar]. The van der Waals surface area contributed by atoms with Gasteiger partial charge in [-0.15, -0.1) is 0 Å². The second kappa shape index (κ2) is 6.93. The minimum atomic E-state index is -0.524. The minimum Gasteiger partial charge on any atom is -0.388 e. The Morgan fingerprint density at radius 2 is 1.90 bits per heavy atom. The fourth-order valence-corrected chi connectivity index (χ4v) is 3.99. The summed E-state index contributed by atoms with van der Waals surface area (Å²) in [6.45, 7) is 6.12. The van der Waals surface area contributed by atoms with Crippen molar-refractivity contribution in [3.63, 3.8) is 0 Å². The van der Waals surface area contributed by atoms with Crippen molar-refractivity contribution in [2.75, 3.05) is 32.8 Å². The first-order valence-corrected chi connectivity index (χ1v) is 7.59. The van der Waals surface area contributed by atoms with E-state index in [9.17, 15) is 9.90 Å². The van der Waals surface area contributed by atoms with Gasteiger partial charge in [0.05, 0.1) is 5.60 Å². The molecule has 0 aromatic heterocycles. The maximum absolute atomic E-state index is 11.0. The van der Waals surface area contributed by atoms with Crippen LogP contribution in [0.2, 0.25) is 0 Å². The average molecular weight is 307 g/mol. The average Bonchev–Trinajstić information content (AvgIpc) is 2.80. The summed E-state index contributed by atoms with van der Waals surface area (Å²) < 4.78 is 5.32. The molecule has 2 heterocycles. The molecular weight excluding hydrogens is 282 g/mol. The maximum Gasteiger partial charge on any atom is 0.129 e. The van der Waals surface area contributed by atoms with Gasteiger partial charge in [-0.25, -0.2) is 0 Å². The van der Waals surface area contributed by atoms with Gasteiger partial charge >= 0.3 is 0 Å². The van der Waals surface area contributed by atoms with Crippen LogP contribution in [0.1, 0.15) is 32.6 Å². The summed E-state index contributed by atoms with van der Waals surface area (Å²) in [7, 11) is 0. The Kier molecular flexibility index (Phi) is 5.95. The first-order valence-electron chi connectivity index (χ1n) is 7.59. The second-order valence-electron chi connectivity index (χ2n) is 6.76. The molecule has 4 nitrogen and oxygen atoms in total. The van der Waals surface area contributed by atoms with Gasteiger partial charge in [-0.05, 0) is 31.1 Å². The van der Waals surface area contributed by atoms with Crippen molar-refractivity contribution in [1.82, 2.24) is 4.90 Å². The van der Waals surface area contributed by atoms with Crippen LogP contribution in [-0.4, -0.2) is 54.2 Å². The number of β-amino-alcohol motifs (C(OH)–C–C–N with tert-alkyl or cyclic N) is 1. The van der Waals surface area contributed by atoms with E-state index < -0.39 is 5.60 Å². The van der Waals surface area contributed by atoms with Gasteiger partial charge in [0.15, 0.2) is 0 Å². The van der Waals surface area contributed by atoms with Crippen LogP contribution in [0.4, 0.5) is 0 Å². The molecule has 5 heteroatoms. The van der Waals surface area contributed by atoms with Gasteiger partial charge in [0, 0.05) is 89.8 Å². The molecule has 0 aromatic rings. The van der Waals surface area contributed by atoms with E-state index in [1.165, 1.54) is 0 Å². The van der Waals surface area contributed by atoms with Crippen molar-refractivity contribution in [3.8, 4) is 0 Å². The molecule has 3 fully saturated rings. The van der Waals surface area contributed by atoms with Crippen molar-refractivity contribution >= 4 is 5.78 Å². The van der Waals surface area contributed by atoms with Gasteiger partial charge in [-0.1, -0.05) is 0 Å². The molecule has 2 saturated heterocycles. The van der Waals surface area contributed by atoms with E-state index >= 15 is 0 Å². The Hall–Kier alpha value is 0.810. The maximum atomic E-state index is 11.0. The summed E-state index contributed by atoms with van der Waals surface area (Å²) in [6, 6.07) is 0. The summed E-state index contributed by atoms with van der Waals surface area (Å²) in [4.78, 5) is 13.4. The number of fused-ring (bicyclic) bond motifs is 1. The van der Waals surface area contributed by atoms with Crippen molar-refractivity contribution in [2.45, 2.75) is 38.2 Å². The van der Waals surface area contributed by atoms with Crippen LogP contribution in [0.3, 0.4) is 0 Å². The number of ether oxygens (including phenoxy) is 1. The van der Waals surface area contributed by atoms with Crippen LogP contribution in [0.15, 0.2) is 0 Å². The van der Waals surface area contributed by atoms with Crippen LogP contribution in [0.5, 0.6) is 0 Å². The minimum absolute atomic E-state index is 0. The molecule has 0 radical (unpaired) electrons.